The van der Waals surface area contributed by atoms with Crippen LogP contribution in [0, 0.1) is 4.91 Å². The van der Waals surface area contributed by atoms with Gasteiger partial charge in [0.2, 0.25) is 5.82 Å². The first-order valence-corrected chi connectivity index (χ1v) is 14.6. The van der Waals surface area contributed by atoms with Crippen LogP contribution in [-0.2, 0) is 11.3 Å². The van der Waals surface area contributed by atoms with E-state index >= 15 is 0 Å². The van der Waals surface area contributed by atoms with Crippen molar-refractivity contribution in [3.8, 4) is 22.8 Å². The van der Waals surface area contributed by atoms with Crippen molar-refractivity contribution in [2.24, 2.45) is 5.18 Å². The van der Waals surface area contributed by atoms with Gasteiger partial charge in [-0.2, -0.15) is 0 Å². The number of phenols is 1. The first-order chi connectivity index (χ1) is 20.3. The normalized spacial score (nSPS) is 17.0. The number of likely N-dealkylation sites (N-methyl/N-ethyl adjacent to an activating group) is 1. The molecule has 0 unspecified atom stereocenters. The maximum absolute atomic E-state index is 13.5. The first-order valence-electron chi connectivity index (χ1n) is 14.6. The van der Waals surface area contributed by atoms with Crippen LogP contribution in [0.2, 0.25) is 0 Å². The van der Waals surface area contributed by atoms with E-state index in [0.717, 1.165) is 71.1 Å². The van der Waals surface area contributed by atoms with Gasteiger partial charge in [0.05, 0.1) is 18.8 Å². The van der Waals surface area contributed by atoms with E-state index in [1.165, 1.54) is 6.07 Å². The number of nitrogens with one attached hydrogen (secondary N) is 1. The van der Waals surface area contributed by atoms with E-state index in [1.807, 2.05) is 38.1 Å². The number of hydrogen-bond donors (Lipinski definition) is 2. The summed E-state index contributed by atoms with van der Waals surface area (Å²) in [5.41, 5.74) is 3.04. The van der Waals surface area contributed by atoms with Crippen molar-refractivity contribution in [1.29, 1.82) is 0 Å². The van der Waals surface area contributed by atoms with Gasteiger partial charge in [-0.05, 0) is 47.5 Å². The number of hydrogen-bond acceptors (Lipinski definition) is 10. The van der Waals surface area contributed by atoms with E-state index in [4.69, 9.17) is 4.74 Å². The topological polar surface area (TPSA) is 128 Å². The Bertz CT molecular complexity index is 1380. The number of piperazine rings is 1. The molecule has 0 saturated carbocycles. The minimum Gasteiger partial charge on any atom is -0.507 e. The second-order valence-electron chi connectivity index (χ2n) is 11.3. The number of ether oxygens (including phenoxy) is 1. The number of carbonyl (C=O) groups excluding carboxylic acids is 1. The highest BCUT2D eigenvalue weighted by molar-refractivity contribution is 5.92. The highest BCUT2D eigenvalue weighted by Gasteiger charge is 2.25. The lowest BCUT2D eigenvalue weighted by Crippen LogP contribution is -2.47. The van der Waals surface area contributed by atoms with Crippen LogP contribution < -0.4 is 5.32 Å². The van der Waals surface area contributed by atoms with E-state index in [9.17, 15) is 14.8 Å². The molecule has 1 amide bonds. The maximum atomic E-state index is 13.5. The zero-order valence-electron chi connectivity index (χ0n) is 24.6. The van der Waals surface area contributed by atoms with Gasteiger partial charge in [0.15, 0.2) is 5.82 Å². The summed E-state index contributed by atoms with van der Waals surface area (Å²) in [6.45, 7) is 13.1. The predicted octanol–water partition coefficient (Wildman–Crippen LogP) is 2.97. The van der Waals surface area contributed by atoms with Gasteiger partial charge >= 0.3 is 0 Å². The molecular weight excluding hydrogens is 536 g/mol. The van der Waals surface area contributed by atoms with Gasteiger partial charge < -0.3 is 20.1 Å². The number of nitroso groups, excluding NO2 is 1. The third kappa shape index (κ3) is 6.84. The van der Waals surface area contributed by atoms with Crippen LogP contribution in [0.4, 0.5) is 5.69 Å². The Morgan fingerprint density at radius 2 is 1.74 bits per heavy atom. The van der Waals surface area contributed by atoms with E-state index in [2.05, 4.69) is 42.4 Å². The number of morpholine rings is 1. The van der Waals surface area contributed by atoms with Crippen molar-refractivity contribution in [1.82, 2.24) is 34.8 Å². The van der Waals surface area contributed by atoms with Gasteiger partial charge in [-0.1, -0.05) is 26.0 Å². The summed E-state index contributed by atoms with van der Waals surface area (Å²) in [6, 6.07) is 11.0. The maximum Gasteiger partial charge on any atom is 0.289 e. The molecular formula is C30H40N8O4. The predicted molar refractivity (Wildman–Crippen MR) is 160 cm³/mol. The highest BCUT2D eigenvalue weighted by atomic mass is 16.5. The fourth-order valence-electron chi connectivity index (χ4n) is 5.41. The molecule has 5 rings (SSSR count). The second-order valence-corrected chi connectivity index (χ2v) is 11.3. The zero-order chi connectivity index (χ0) is 29.6. The molecule has 12 heteroatoms. The molecule has 0 aliphatic carbocycles. The number of amides is 1. The van der Waals surface area contributed by atoms with Crippen LogP contribution in [0.3, 0.4) is 0 Å². The summed E-state index contributed by atoms with van der Waals surface area (Å²) in [6.07, 6.45) is 0. The largest absolute Gasteiger partial charge is 0.507 e. The number of benzene rings is 2. The average molecular weight is 577 g/mol. The third-order valence-corrected chi connectivity index (χ3v) is 7.99. The fourth-order valence-corrected chi connectivity index (χ4v) is 5.41. The molecule has 2 aliphatic heterocycles. The standard InChI is InChI=1S/C30H40N8O4/c1-21(2)24-18-25(27(39)19-26(24)34-41)28-32-33-29(30(40)31-8-9-36-12-10-35(3)11-13-36)38(28)23-6-4-22(5-7-23)20-37-14-16-42-17-15-37/h4-7,18-19,21,39H,8-17,20H2,1-3H3,(H,31,40). The van der Waals surface area contributed by atoms with Crippen LogP contribution in [-0.4, -0.2) is 113 Å². The quantitative estimate of drug-likeness (QED) is 0.350. The van der Waals surface area contributed by atoms with Gasteiger partial charge in [-0.15, -0.1) is 15.1 Å². The lowest BCUT2D eigenvalue weighted by molar-refractivity contribution is 0.0342. The van der Waals surface area contributed by atoms with Gasteiger partial charge in [0.1, 0.15) is 11.4 Å². The number of nitrogens with zero attached hydrogens (tertiary/aromatic N) is 7. The molecule has 0 bridgehead atoms. The van der Waals surface area contributed by atoms with Crippen LogP contribution in [0.15, 0.2) is 41.6 Å². The van der Waals surface area contributed by atoms with Crippen molar-refractivity contribution in [3.05, 3.63) is 58.3 Å². The summed E-state index contributed by atoms with van der Waals surface area (Å²) in [5, 5.41) is 25.7. The molecule has 12 nitrogen and oxygen atoms in total. The molecule has 3 aromatic rings. The number of rotatable bonds is 10. The smallest absolute Gasteiger partial charge is 0.289 e. The molecule has 2 aliphatic rings. The molecule has 2 fully saturated rings. The molecule has 0 spiro atoms. The fraction of sp³-hybridized carbons (Fsp3) is 0.500. The number of aromatic nitrogens is 3. The van der Waals surface area contributed by atoms with Crippen molar-refractivity contribution < 1.29 is 14.6 Å². The summed E-state index contributed by atoms with van der Waals surface area (Å²) < 4.78 is 7.13. The average Bonchev–Trinajstić information content (AvgIpc) is 3.44. The molecule has 2 aromatic carbocycles. The molecule has 224 valence electrons. The molecule has 3 heterocycles. The summed E-state index contributed by atoms with van der Waals surface area (Å²) >= 11 is 0. The van der Waals surface area contributed by atoms with Gasteiger partial charge in [0.25, 0.3) is 5.91 Å². The van der Waals surface area contributed by atoms with E-state index in [-0.39, 0.29) is 29.1 Å². The Hall–Kier alpha value is -3.71. The lowest BCUT2D eigenvalue weighted by Gasteiger charge is -2.32. The number of carbonyl (C=O) groups is 1. The van der Waals surface area contributed by atoms with E-state index < -0.39 is 0 Å². The minimum atomic E-state index is -0.352. The van der Waals surface area contributed by atoms with Crippen LogP contribution in [0.5, 0.6) is 5.75 Å². The molecule has 0 atom stereocenters. The SMILES string of the molecule is CC(C)c1cc(-c2nnc(C(=O)NCCN3CCN(C)CC3)n2-c2ccc(CN3CCOCC3)cc2)c(O)cc1N=O. The van der Waals surface area contributed by atoms with E-state index in [0.29, 0.717) is 29.2 Å². The Kier molecular flexibility index (Phi) is 9.58. The van der Waals surface area contributed by atoms with Crippen molar-refractivity contribution in [2.45, 2.75) is 26.3 Å². The monoisotopic (exact) mass is 576 g/mol. The Balaban J connectivity index is 1.45. The second kappa shape index (κ2) is 13.5. The summed E-state index contributed by atoms with van der Waals surface area (Å²) in [7, 11) is 2.11. The first kappa shape index (κ1) is 29.8. The molecule has 42 heavy (non-hydrogen) atoms. The molecule has 1 aromatic heterocycles. The Morgan fingerprint density at radius 1 is 1.02 bits per heavy atom. The molecule has 2 N–H and O–H groups in total. The van der Waals surface area contributed by atoms with Crippen molar-refractivity contribution in [3.63, 3.8) is 0 Å². The van der Waals surface area contributed by atoms with Crippen molar-refractivity contribution in [2.75, 3.05) is 72.6 Å². The van der Waals surface area contributed by atoms with Gasteiger partial charge in [-0.3, -0.25) is 19.2 Å². The zero-order valence-corrected chi connectivity index (χ0v) is 24.6. The third-order valence-electron chi connectivity index (χ3n) is 7.99. The Labute approximate surface area is 246 Å². The summed E-state index contributed by atoms with van der Waals surface area (Å²) in [5.74, 6) is -0.113. The minimum absolute atomic E-state index is 0.0229. The lowest BCUT2D eigenvalue weighted by atomic mass is 9.97. The number of aromatic hydroxyl groups is 1. The van der Waals surface area contributed by atoms with Crippen molar-refractivity contribution >= 4 is 11.6 Å². The highest BCUT2D eigenvalue weighted by Crippen LogP contribution is 2.38. The van der Waals surface area contributed by atoms with Crippen LogP contribution in [0.1, 0.15) is 41.5 Å². The Morgan fingerprint density at radius 3 is 2.40 bits per heavy atom. The molecule has 0 radical (unpaired) electrons. The van der Waals surface area contributed by atoms with Crippen LogP contribution >= 0.6 is 0 Å². The number of phenolic OH excluding ortho intramolecular Hbond substituents is 1. The van der Waals surface area contributed by atoms with E-state index in [1.54, 1.807) is 10.6 Å². The van der Waals surface area contributed by atoms with Gasteiger partial charge in [-0.25, -0.2) is 0 Å². The van der Waals surface area contributed by atoms with Gasteiger partial charge in [0, 0.05) is 70.7 Å². The summed E-state index contributed by atoms with van der Waals surface area (Å²) in [4.78, 5) is 31.9. The van der Waals surface area contributed by atoms with Crippen LogP contribution in [0.25, 0.3) is 17.1 Å². The molecule has 2 saturated heterocycles.